The summed E-state index contributed by atoms with van der Waals surface area (Å²) in [5.41, 5.74) is 7.14. The lowest BCUT2D eigenvalue weighted by molar-refractivity contribution is 0.186. The Labute approximate surface area is 141 Å². The first-order chi connectivity index (χ1) is 11.5. The van der Waals surface area contributed by atoms with E-state index in [1.807, 2.05) is 12.1 Å². The third kappa shape index (κ3) is 3.46. The summed E-state index contributed by atoms with van der Waals surface area (Å²) in [4.78, 5) is 23.4. The summed E-state index contributed by atoms with van der Waals surface area (Å²) in [7, 11) is 1.23. The van der Waals surface area contributed by atoms with E-state index in [2.05, 4.69) is 30.3 Å². The molecular weight excluding hydrogens is 336 g/mol. The number of carbonyl (C=O) groups is 1. The van der Waals surface area contributed by atoms with Crippen LogP contribution in [0.15, 0.2) is 28.7 Å². The quantitative estimate of drug-likeness (QED) is 0.656. The van der Waals surface area contributed by atoms with Gasteiger partial charge in [0.2, 0.25) is 5.95 Å². The van der Waals surface area contributed by atoms with Gasteiger partial charge < -0.3 is 20.2 Å². The average molecular weight is 349 g/mol. The van der Waals surface area contributed by atoms with Gasteiger partial charge in [0.05, 0.1) is 7.11 Å². The highest BCUT2D eigenvalue weighted by atomic mass is 35.5. The third-order valence-corrected chi connectivity index (χ3v) is 3.30. The summed E-state index contributed by atoms with van der Waals surface area (Å²) in [6.45, 7) is 0.468. The van der Waals surface area contributed by atoms with Crippen molar-refractivity contribution in [1.29, 1.82) is 0 Å². The van der Waals surface area contributed by atoms with E-state index in [0.717, 1.165) is 5.56 Å². The van der Waals surface area contributed by atoms with Gasteiger partial charge in [-0.15, -0.1) is 0 Å². The Hall–Kier alpha value is -3.07. The Kier molecular flexibility index (Phi) is 4.34. The van der Waals surface area contributed by atoms with Crippen molar-refractivity contribution in [3.8, 4) is 0 Å². The number of halogens is 1. The van der Waals surface area contributed by atoms with Crippen molar-refractivity contribution in [2.45, 2.75) is 6.54 Å². The standard InChI is InChI=1S/C14H13ClN6O3/c1-23-14(22)21-13-18-9-10(19-12(16)20-11(9)24-13)17-6-7-2-4-8(15)5-3-7/h2-5H,6H2,1H3,(H,18,21,22)(H3,16,17,19,20). The molecule has 2 aromatic heterocycles. The Morgan fingerprint density at radius 2 is 2.04 bits per heavy atom. The fourth-order valence-electron chi connectivity index (χ4n) is 1.94. The first-order valence-electron chi connectivity index (χ1n) is 6.82. The third-order valence-electron chi connectivity index (χ3n) is 3.04. The molecule has 9 nitrogen and oxygen atoms in total. The van der Waals surface area contributed by atoms with Crippen LogP contribution >= 0.6 is 11.6 Å². The van der Waals surface area contributed by atoms with Gasteiger partial charge in [0.25, 0.3) is 5.71 Å². The van der Waals surface area contributed by atoms with Crippen molar-refractivity contribution in [1.82, 2.24) is 15.0 Å². The molecule has 10 heteroatoms. The molecule has 0 bridgehead atoms. The second-order valence-electron chi connectivity index (χ2n) is 4.70. The zero-order valence-corrected chi connectivity index (χ0v) is 13.3. The highest BCUT2D eigenvalue weighted by molar-refractivity contribution is 6.30. The van der Waals surface area contributed by atoms with Gasteiger partial charge in [0.15, 0.2) is 11.3 Å². The highest BCUT2D eigenvalue weighted by Crippen LogP contribution is 2.24. The van der Waals surface area contributed by atoms with Gasteiger partial charge in [-0.05, 0) is 17.7 Å². The van der Waals surface area contributed by atoms with Gasteiger partial charge in [0.1, 0.15) is 0 Å². The van der Waals surface area contributed by atoms with Crippen molar-refractivity contribution in [3.05, 3.63) is 34.9 Å². The van der Waals surface area contributed by atoms with Crippen molar-refractivity contribution in [3.63, 3.8) is 0 Å². The van der Waals surface area contributed by atoms with Gasteiger partial charge in [-0.2, -0.15) is 15.0 Å². The molecule has 24 heavy (non-hydrogen) atoms. The highest BCUT2D eigenvalue weighted by Gasteiger charge is 2.16. The fraction of sp³-hybridized carbons (Fsp3) is 0.143. The maximum Gasteiger partial charge on any atom is 0.414 e. The van der Waals surface area contributed by atoms with Crippen LogP contribution in [0, 0.1) is 0 Å². The summed E-state index contributed by atoms with van der Waals surface area (Å²) in [6.07, 6.45) is -0.710. The molecule has 0 radical (unpaired) electrons. The van der Waals surface area contributed by atoms with E-state index in [1.165, 1.54) is 7.11 Å². The summed E-state index contributed by atoms with van der Waals surface area (Å²) < 4.78 is 9.80. The number of amides is 1. The number of fused-ring (bicyclic) bond motifs is 1. The Balaban J connectivity index is 1.85. The van der Waals surface area contributed by atoms with Crippen LogP contribution in [0.25, 0.3) is 11.2 Å². The van der Waals surface area contributed by atoms with Crippen LogP contribution in [0.1, 0.15) is 5.56 Å². The largest absolute Gasteiger partial charge is 0.453 e. The molecule has 0 fully saturated rings. The number of aromatic nitrogens is 3. The van der Waals surface area contributed by atoms with E-state index in [1.54, 1.807) is 12.1 Å². The van der Waals surface area contributed by atoms with Gasteiger partial charge in [-0.3, -0.25) is 0 Å². The molecule has 0 atom stereocenters. The summed E-state index contributed by atoms with van der Waals surface area (Å²) >= 11 is 5.86. The zero-order valence-electron chi connectivity index (χ0n) is 12.5. The van der Waals surface area contributed by atoms with Crippen LogP contribution < -0.4 is 16.4 Å². The molecule has 3 aromatic rings. The molecule has 124 valence electrons. The van der Waals surface area contributed by atoms with E-state index in [-0.39, 0.29) is 17.7 Å². The van der Waals surface area contributed by atoms with E-state index in [9.17, 15) is 4.79 Å². The topological polar surface area (TPSA) is 128 Å². The Morgan fingerprint density at radius 1 is 1.29 bits per heavy atom. The predicted octanol–water partition coefficient (Wildman–Crippen LogP) is 2.64. The maximum atomic E-state index is 11.2. The first-order valence-corrected chi connectivity index (χ1v) is 7.20. The van der Waals surface area contributed by atoms with Crippen LogP contribution in [0.5, 0.6) is 0 Å². The van der Waals surface area contributed by atoms with Crippen molar-refractivity contribution < 1.29 is 13.9 Å². The SMILES string of the molecule is COC(=O)Nc1nc2c(NCc3ccc(Cl)cc3)nc(N)nc2o1. The Morgan fingerprint density at radius 3 is 2.75 bits per heavy atom. The molecular formula is C14H13ClN6O3. The fourth-order valence-corrected chi connectivity index (χ4v) is 2.07. The van der Waals surface area contributed by atoms with Crippen LogP contribution in [-0.2, 0) is 11.3 Å². The number of methoxy groups -OCH3 is 1. The molecule has 4 N–H and O–H groups in total. The molecule has 0 aliphatic carbocycles. The molecule has 0 saturated carbocycles. The van der Waals surface area contributed by atoms with E-state index in [0.29, 0.717) is 22.9 Å². The van der Waals surface area contributed by atoms with Crippen LogP contribution in [0.2, 0.25) is 5.02 Å². The van der Waals surface area contributed by atoms with E-state index >= 15 is 0 Å². The number of ether oxygens (including phenoxy) is 1. The summed E-state index contributed by atoms with van der Waals surface area (Å²) in [5.74, 6) is 0.399. The molecule has 0 aliphatic heterocycles. The molecule has 0 aliphatic rings. The number of nitrogen functional groups attached to an aromatic ring is 1. The molecule has 2 heterocycles. The smallest absolute Gasteiger partial charge is 0.414 e. The molecule has 0 unspecified atom stereocenters. The number of hydrogen-bond donors (Lipinski definition) is 3. The van der Waals surface area contributed by atoms with Crippen molar-refractivity contribution >= 4 is 46.7 Å². The number of nitrogens with zero attached hydrogens (tertiary/aromatic N) is 3. The number of hydrogen-bond acceptors (Lipinski definition) is 8. The number of nitrogens with two attached hydrogens (primary N) is 1. The first kappa shape index (κ1) is 15.8. The number of nitrogens with one attached hydrogen (secondary N) is 2. The lowest BCUT2D eigenvalue weighted by Crippen LogP contribution is -2.10. The van der Waals surface area contributed by atoms with Gasteiger partial charge in [-0.1, -0.05) is 23.7 Å². The number of carbonyl (C=O) groups excluding carboxylic acids is 1. The minimum absolute atomic E-state index is 0.0156. The van der Waals surface area contributed by atoms with E-state index in [4.69, 9.17) is 21.8 Å². The van der Waals surface area contributed by atoms with Gasteiger partial charge in [-0.25, -0.2) is 10.1 Å². The average Bonchev–Trinajstić information content (AvgIpc) is 2.96. The minimum atomic E-state index is -0.710. The second kappa shape index (κ2) is 6.59. The Bertz CT molecular complexity index is 880. The minimum Gasteiger partial charge on any atom is -0.453 e. The second-order valence-corrected chi connectivity index (χ2v) is 5.14. The predicted molar refractivity (Wildman–Crippen MR) is 88.8 cm³/mol. The normalized spacial score (nSPS) is 10.6. The van der Waals surface area contributed by atoms with Crippen LogP contribution in [0.4, 0.5) is 22.6 Å². The number of anilines is 3. The maximum absolute atomic E-state index is 11.2. The van der Waals surface area contributed by atoms with Crippen LogP contribution in [0.3, 0.4) is 0 Å². The number of benzene rings is 1. The molecule has 1 aromatic carbocycles. The lowest BCUT2D eigenvalue weighted by atomic mass is 10.2. The summed E-state index contributed by atoms with van der Waals surface area (Å²) in [6, 6.07) is 7.27. The molecule has 1 amide bonds. The van der Waals surface area contributed by atoms with E-state index < -0.39 is 6.09 Å². The van der Waals surface area contributed by atoms with Crippen LogP contribution in [-0.4, -0.2) is 28.2 Å². The van der Waals surface area contributed by atoms with Crippen molar-refractivity contribution in [2.75, 3.05) is 23.5 Å². The van der Waals surface area contributed by atoms with Crippen molar-refractivity contribution in [2.24, 2.45) is 0 Å². The molecule has 0 spiro atoms. The summed E-state index contributed by atoms with van der Waals surface area (Å²) in [5, 5.41) is 6.08. The van der Waals surface area contributed by atoms with Gasteiger partial charge >= 0.3 is 12.1 Å². The monoisotopic (exact) mass is 348 g/mol. The molecule has 0 saturated heterocycles. The zero-order chi connectivity index (χ0) is 17.1. The number of oxazole rings is 1. The number of rotatable bonds is 4. The van der Waals surface area contributed by atoms with Gasteiger partial charge in [0, 0.05) is 11.6 Å². The lowest BCUT2D eigenvalue weighted by Gasteiger charge is -2.06. The molecule has 3 rings (SSSR count).